The number of carboxylic acids is 1. The molecule has 4 N–H and O–H groups in total. The van der Waals surface area contributed by atoms with E-state index in [2.05, 4.69) is 16.0 Å². The molecule has 284 valence electrons. The van der Waals surface area contributed by atoms with Gasteiger partial charge in [-0.3, -0.25) is 19.2 Å². The molecule has 0 radical (unpaired) electrons. The number of esters is 2. The van der Waals surface area contributed by atoms with Crippen molar-refractivity contribution in [3.8, 4) is 5.75 Å². The highest BCUT2D eigenvalue weighted by atomic mass is 35.5. The van der Waals surface area contributed by atoms with Crippen molar-refractivity contribution in [3.63, 3.8) is 0 Å². The molecular weight excluding hydrogens is 713 g/mol. The van der Waals surface area contributed by atoms with Crippen LogP contribution in [-0.4, -0.2) is 79.3 Å². The van der Waals surface area contributed by atoms with Crippen LogP contribution in [0.25, 0.3) is 0 Å². The first-order chi connectivity index (χ1) is 24.5. The van der Waals surface area contributed by atoms with Crippen molar-refractivity contribution in [2.24, 2.45) is 17.3 Å². The second-order valence-electron chi connectivity index (χ2n) is 13.9. The quantitative estimate of drug-likeness (QED) is 0.171. The number of methoxy groups -OCH3 is 1. The van der Waals surface area contributed by atoms with Gasteiger partial charge >= 0.3 is 17.9 Å². The summed E-state index contributed by atoms with van der Waals surface area (Å²) in [6.45, 7) is 8.06. The number of hydrogen-bond donors (Lipinski definition) is 4. The number of carboxylic acid groups (broad SMARTS) is 1. The number of nitrogens with one attached hydrogen (secondary N) is 3. The van der Waals surface area contributed by atoms with E-state index in [1.54, 1.807) is 63.2 Å². The minimum atomic E-state index is -1.28. The second-order valence-corrected chi connectivity index (χ2v) is 14.8. The third-order valence-electron chi connectivity index (χ3n) is 8.72. The van der Waals surface area contributed by atoms with Crippen molar-refractivity contribution in [2.75, 3.05) is 20.2 Å². The largest absolute Gasteiger partial charge is 0.495 e. The third kappa shape index (κ3) is 12.5. The molecule has 0 saturated carbocycles. The van der Waals surface area contributed by atoms with Gasteiger partial charge in [-0.15, -0.1) is 11.6 Å². The number of amides is 2. The molecule has 0 fully saturated rings. The maximum atomic E-state index is 13.8. The highest BCUT2D eigenvalue weighted by molar-refractivity contribution is 6.32. The van der Waals surface area contributed by atoms with Gasteiger partial charge in [0.25, 0.3) is 0 Å². The van der Waals surface area contributed by atoms with Crippen LogP contribution in [-0.2, 0) is 39.9 Å². The Kier molecular flexibility index (Phi) is 16.0. The van der Waals surface area contributed by atoms with Gasteiger partial charge in [0.05, 0.1) is 29.5 Å². The summed E-state index contributed by atoms with van der Waals surface area (Å²) < 4.78 is 17.1. The number of cyclic esters (lactones) is 2. The first kappa shape index (κ1) is 42.3. The lowest BCUT2D eigenvalue weighted by Gasteiger charge is -2.35. The Hall–Kier alpha value is -4.13. The molecular formula is C38H49Cl2N3O9. The Balaban J connectivity index is 2.03. The zero-order valence-corrected chi connectivity index (χ0v) is 31.8. The van der Waals surface area contributed by atoms with E-state index in [0.29, 0.717) is 21.9 Å². The molecule has 0 aliphatic carbocycles. The smallest absolute Gasteiger partial charge is 0.347 e. The van der Waals surface area contributed by atoms with Crippen LogP contribution in [0.1, 0.15) is 64.0 Å². The van der Waals surface area contributed by atoms with Crippen LogP contribution in [0.2, 0.25) is 5.02 Å². The molecule has 2 aromatic rings. The van der Waals surface area contributed by atoms with Gasteiger partial charge in [-0.25, -0.2) is 4.79 Å². The van der Waals surface area contributed by atoms with Crippen LogP contribution >= 0.6 is 23.2 Å². The Morgan fingerprint density at radius 1 is 1.08 bits per heavy atom. The fourth-order valence-electron chi connectivity index (χ4n) is 5.66. The standard InChI is InChI=1S/C38H49Cl2N3O9/c1-22(2)17-30-36(48)51-28(23(3)34(41-20-32(45)46)33(40)25-11-8-7-9-12-25)13-10-14-31(44)43-27(19-24-15-16-29(50-6)26(39)18-24)35(47)42-21-38(4,5)37(49)52-30/h7-12,14-16,18,22-23,27-28,30,33-34,41H,13,17,19-21H2,1-6H3,(H,42,47)(H,43,44)(H,45,46)/b14-10+/t23-,27+,28?,30-,33-,34+/m0/s1. The van der Waals surface area contributed by atoms with Gasteiger partial charge in [-0.05, 0) is 55.5 Å². The van der Waals surface area contributed by atoms with Crippen molar-refractivity contribution >= 4 is 52.9 Å². The highest BCUT2D eigenvalue weighted by Gasteiger charge is 2.39. The summed E-state index contributed by atoms with van der Waals surface area (Å²) in [6, 6.07) is 12.3. The van der Waals surface area contributed by atoms with Crippen LogP contribution < -0.4 is 20.7 Å². The normalized spacial score (nSPS) is 22.6. The highest BCUT2D eigenvalue weighted by Crippen LogP contribution is 2.32. The molecule has 0 spiro atoms. The van der Waals surface area contributed by atoms with E-state index in [-0.39, 0.29) is 31.7 Å². The Morgan fingerprint density at radius 2 is 1.77 bits per heavy atom. The first-order valence-corrected chi connectivity index (χ1v) is 18.0. The molecule has 0 aromatic heterocycles. The number of benzene rings is 2. The number of alkyl halides is 1. The fourth-order valence-corrected chi connectivity index (χ4v) is 6.40. The van der Waals surface area contributed by atoms with E-state index in [0.717, 1.165) is 0 Å². The van der Waals surface area contributed by atoms with Gasteiger partial charge in [0.15, 0.2) is 6.10 Å². The summed E-state index contributed by atoms with van der Waals surface area (Å²) in [4.78, 5) is 65.8. The zero-order valence-electron chi connectivity index (χ0n) is 30.3. The average molecular weight is 763 g/mol. The minimum Gasteiger partial charge on any atom is -0.495 e. The molecule has 2 amide bonds. The molecule has 3 rings (SSSR count). The molecule has 2 aromatic carbocycles. The van der Waals surface area contributed by atoms with Gasteiger partial charge in [0.2, 0.25) is 11.8 Å². The molecule has 6 atom stereocenters. The SMILES string of the molecule is COc1ccc(C[C@H]2NC(=O)/C=C/CC([C@H](C)[C@@H](NCC(=O)O)[C@@H](Cl)c3ccccc3)OC(=O)[C@H](CC(C)C)OC(=O)C(C)(C)CNC2=O)cc1Cl. The van der Waals surface area contributed by atoms with Gasteiger partial charge in [0, 0.05) is 31.3 Å². The Labute approximate surface area is 314 Å². The van der Waals surface area contributed by atoms with Gasteiger partial charge in [-0.2, -0.15) is 0 Å². The Morgan fingerprint density at radius 3 is 2.38 bits per heavy atom. The van der Waals surface area contributed by atoms with E-state index < -0.39 is 77.3 Å². The first-order valence-electron chi connectivity index (χ1n) is 17.1. The molecule has 1 unspecified atom stereocenters. The molecule has 0 saturated heterocycles. The van der Waals surface area contributed by atoms with E-state index in [1.807, 2.05) is 19.9 Å². The van der Waals surface area contributed by atoms with E-state index in [1.165, 1.54) is 19.3 Å². The van der Waals surface area contributed by atoms with Crippen molar-refractivity contribution in [2.45, 2.75) is 83.5 Å². The van der Waals surface area contributed by atoms with E-state index in [9.17, 15) is 29.1 Å². The van der Waals surface area contributed by atoms with Gasteiger partial charge < -0.3 is 35.3 Å². The van der Waals surface area contributed by atoms with E-state index >= 15 is 0 Å². The van der Waals surface area contributed by atoms with Crippen molar-refractivity contribution in [1.29, 1.82) is 0 Å². The molecule has 52 heavy (non-hydrogen) atoms. The van der Waals surface area contributed by atoms with Gasteiger partial charge in [-0.1, -0.05) is 74.8 Å². The van der Waals surface area contributed by atoms with Crippen LogP contribution in [0.3, 0.4) is 0 Å². The number of aliphatic carboxylic acids is 1. The lowest BCUT2D eigenvalue weighted by atomic mass is 9.88. The predicted molar refractivity (Wildman–Crippen MR) is 197 cm³/mol. The van der Waals surface area contributed by atoms with Crippen LogP contribution in [0.4, 0.5) is 0 Å². The molecule has 1 heterocycles. The number of halogens is 2. The summed E-state index contributed by atoms with van der Waals surface area (Å²) in [5.41, 5.74) is 0.0828. The monoisotopic (exact) mass is 761 g/mol. The topological polar surface area (TPSA) is 169 Å². The van der Waals surface area contributed by atoms with Crippen molar-refractivity contribution in [1.82, 2.24) is 16.0 Å². The molecule has 1 aliphatic heterocycles. The van der Waals surface area contributed by atoms with Crippen molar-refractivity contribution < 1.29 is 43.3 Å². The second kappa shape index (κ2) is 19.6. The van der Waals surface area contributed by atoms with E-state index in [4.69, 9.17) is 37.4 Å². The number of hydrogen-bond acceptors (Lipinski definition) is 9. The maximum Gasteiger partial charge on any atom is 0.347 e. The van der Waals surface area contributed by atoms with Crippen molar-refractivity contribution in [3.05, 3.63) is 76.8 Å². The fraction of sp³-hybridized carbons (Fsp3) is 0.500. The number of rotatable bonds is 12. The zero-order chi connectivity index (χ0) is 38.6. The van der Waals surface area contributed by atoms with Crippen LogP contribution in [0, 0.1) is 17.3 Å². The predicted octanol–water partition coefficient (Wildman–Crippen LogP) is 5.01. The lowest BCUT2D eigenvalue weighted by Crippen LogP contribution is -2.51. The third-order valence-corrected chi connectivity index (χ3v) is 9.54. The average Bonchev–Trinajstić information content (AvgIpc) is 3.09. The summed E-state index contributed by atoms with van der Waals surface area (Å²) in [5.74, 6) is -4.03. The summed E-state index contributed by atoms with van der Waals surface area (Å²) in [5, 5.41) is 17.6. The molecule has 14 heteroatoms. The summed E-state index contributed by atoms with van der Waals surface area (Å²) >= 11 is 13.3. The number of carbonyl (C=O) groups is 5. The minimum absolute atomic E-state index is 0.00274. The maximum absolute atomic E-state index is 13.8. The summed E-state index contributed by atoms with van der Waals surface area (Å²) in [7, 11) is 1.48. The van der Waals surface area contributed by atoms with Crippen LogP contribution in [0.15, 0.2) is 60.7 Å². The number of carbonyl (C=O) groups excluding carboxylic acids is 4. The Bertz CT molecular complexity index is 1580. The molecule has 0 bridgehead atoms. The number of ether oxygens (including phenoxy) is 3. The summed E-state index contributed by atoms with van der Waals surface area (Å²) in [6.07, 6.45) is 0.734. The molecule has 12 nitrogen and oxygen atoms in total. The van der Waals surface area contributed by atoms with Gasteiger partial charge in [0.1, 0.15) is 17.9 Å². The molecule has 1 aliphatic rings. The van der Waals surface area contributed by atoms with Crippen LogP contribution in [0.5, 0.6) is 5.75 Å². The lowest BCUT2D eigenvalue weighted by molar-refractivity contribution is -0.179.